The first-order valence-electron chi connectivity index (χ1n) is 12.4. The second-order valence-electron chi connectivity index (χ2n) is 9.12. The lowest BCUT2D eigenvalue weighted by molar-refractivity contribution is 0.242. The molecule has 3 rings (SSSR count). The van der Waals surface area contributed by atoms with E-state index in [1.807, 2.05) is 13.0 Å². The van der Waals surface area contributed by atoms with Crippen LogP contribution in [0.2, 0.25) is 0 Å². The summed E-state index contributed by atoms with van der Waals surface area (Å²) in [5.41, 5.74) is 2.68. The first-order valence-corrected chi connectivity index (χ1v) is 12.4. The minimum absolute atomic E-state index is 0.209. The number of methoxy groups -OCH3 is 1. The maximum atomic E-state index is 5.85. The van der Waals surface area contributed by atoms with Crippen molar-refractivity contribution in [2.24, 2.45) is 5.92 Å². The molecule has 1 atom stereocenters. The van der Waals surface area contributed by atoms with E-state index in [0.717, 1.165) is 42.7 Å². The van der Waals surface area contributed by atoms with Crippen molar-refractivity contribution in [1.82, 2.24) is 5.32 Å². The lowest BCUT2D eigenvalue weighted by Gasteiger charge is -2.31. The Morgan fingerprint density at radius 1 is 0.969 bits per heavy atom. The number of hydrogen-bond donors (Lipinski definition) is 1. The SMILES string of the molecule is CCOc1cc(CNCC[C@H](c2ccc(OC(C)C)cc2)C2CCCCC2)ccc1OC. The summed E-state index contributed by atoms with van der Waals surface area (Å²) in [7, 11) is 1.68. The van der Waals surface area contributed by atoms with E-state index in [4.69, 9.17) is 14.2 Å². The first-order chi connectivity index (χ1) is 15.6. The van der Waals surface area contributed by atoms with Gasteiger partial charge in [0.1, 0.15) is 5.75 Å². The topological polar surface area (TPSA) is 39.7 Å². The van der Waals surface area contributed by atoms with Crippen molar-refractivity contribution < 1.29 is 14.2 Å². The van der Waals surface area contributed by atoms with E-state index in [2.05, 4.69) is 55.6 Å². The molecule has 0 amide bonds. The maximum Gasteiger partial charge on any atom is 0.161 e. The van der Waals surface area contributed by atoms with E-state index >= 15 is 0 Å². The van der Waals surface area contributed by atoms with E-state index in [0.29, 0.717) is 12.5 Å². The lowest BCUT2D eigenvalue weighted by Crippen LogP contribution is -2.22. The van der Waals surface area contributed by atoms with Gasteiger partial charge in [0, 0.05) is 6.54 Å². The van der Waals surface area contributed by atoms with Crippen LogP contribution < -0.4 is 19.5 Å². The molecule has 4 nitrogen and oxygen atoms in total. The fraction of sp³-hybridized carbons (Fsp3) is 0.571. The highest BCUT2D eigenvalue weighted by Crippen LogP contribution is 2.38. The molecule has 1 aliphatic rings. The Labute approximate surface area is 194 Å². The van der Waals surface area contributed by atoms with Gasteiger partial charge in [-0.05, 0) is 93.8 Å². The van der Waals surface area contributed by atoms with Crippen LogP contribution in [0.25, 0.3) is 0 Å². The van der Waals surface area contributed by atoms with Crippen molar-refractivity contribution in [2.75, 3.05) is 20.3 Å². The minimum atomic E-state index is 0.209. The summed E-state index contributed by atoms with van der Waals surface area (Å²) in [5, 5.41) is 3.66. The Morgan fingerprint density at radius 2 is 1.72 bits per heavy atom. The van der Waals surface area contributed by atoms with E-state index in [-0.39, 0.29) is 6.10 Å². The van der Waals surface area contributed by atoms with Crippen LogP contribution in [-0.2, 0) is 6.54 Å². The lowest BCUT2D eigenvalue weighted by atomic mass is 9.75. The second-order valence-corrected chi connectivity index (χ2v) is 9.12. The molecule has 4 heteroatoms. The summed E-state index contributed by atoms with van der Waals surface area (Å²) in [6.45, 7) is 8.62. The van der Waals surface area contributed by atoms with E-state index in [1.165, 1.54) is 43.2 Å². The molecule has 0 bridgehead atoms. The predicted molar refractivity (Wildman–Crippen MR) is 132 cm³/mol. The van der Waals surface area contributed by atoms with Crippen molar-refractivity contribution in [3.8, 4) is 17.2 Å². The Morgan fingerprint density at radius 3 is 2.38 bits per heavy atom. The molecule has 1 fully saturated rings. The molecule has 0 spiro atoms. The molecule has 2 aromatic rings. The molecule has 0 heterocycles. The van der Waals surface area contributed by atoms with Crippen LogP contribution >= 0.6 is 0 Å². The van der Waals surface area contributed by atoms with Crippen LogP contribution in [0.4, 0.5) is 0 Å². The van der Waals surface area contributed by atoms with Crippen LogP contribution in [0, 0.1) is 5.92 Å². The molecule has 176 valence electrons. The third-order valence-corrected chi connectivity index (χ3v) is 6.39. The molecule has 1 N–H and O–H groups in total. The Hall–Kier alpha value is -2.20. The largest absolute Gasteiger partial charge is 0.493 e. The van der Waals surface area contributed by atoms with Crippen LogP contribution in [0.15, 0.2) is 42.5 Å². The molecule has 1 saturated carbocycles. The molecular formula is C28H41NO3. The fourth-order valence-electron chi connectivity index (χ4n) is 4.87. The number of benzene rings is 2. The summed E-state index contributed by atoms with van der Waals surface area (Å²) in [4.78, 5) is 0. The van der Waals surface area contributed by atoms with E-state index in [9.17, 15) is 0 Å². The number of hydrogen-bond acceptors (Lipinski definition) is 4. The monoisotopic (exact) mass is 439 g/mol. The van der Waals surface area contributed by atoms with E-state index < -0.39 is 0 Å². The Kier molecular flexibility index (Phi) is 9.73. The normalized spacial score (nSPS) is 15.5. The van der Waals surface area contributed by atoms with Crippen molar-refractivity contribution in [3.05, 3.63) is 53.6 Å². The molecular weight excluding hydrogens is 398 g/mol. The smallest absolute Gasteiger partial charge is 0.161 e. The summed E-state index contributed by atoms with van der Waals surface area (Å²) in [6, 6.07) is 15.1. The van der Waals surface area contributed by atoms with Crippen LogP contribution in [-0.4, -0.2) is 26.4 Å². The van der Waals surface area contributed by atoms with Gasteiger partial charge in [-0.1, -0.05) is 37.5 Å². The van der Waals surface area contributed by atoms with Crippen molar-refractivity contribution in [1.29, 1.82) is 0 Å². The quantitative estimate of drug-likeness (QED) is 0.372. The second kappa shape index (κ2) is 12.7. The maximum absolute atomic E-state index is 5.85. The average molecular weight is 440 g/mol. The zero-order valence-corrected chi connectivity index (χ0v) is 20.4. The summed E-state index contributed by atoms with van der Waals surface area (Å²) in [6.07, 6.45) is 8.20. The molecule has 32 heavy (non-hydrogen) atoms. The van der Waals surface area contributed by atoms with Gasteiger partial charge < -0.3 is 19.5 Å². The molecule has 0 aliphatic heterocycles. The summed E-state index contributed by atoms with van der Waals surface area (Å²) in [5.74, 6) is 3.96. The highest BCUT2D eigenvalue weighted by atomic mass is 16.5. The molecule has 2 aromatic carbocycles. The molecule has 1 aliphatic carbocycles. The highest BCUT2D eigenvalue weighted by Gasteiger charge is 2.24. The van der Waals surface area contributed by atoms with Crippen molar-refractivity contribution in [2.45, 2.75) is 77.9 Å². The summed E-state index contributed by atoms with van der Waals surface area (Å²) < 4.78 is 17.0. The van der Waals surface area contributed by atoms with Gasteiger partial charge in [0.25, 0.3) is 0 Å². The van der Waals surface area contributed by atoms with Crippen molar-refractivity contribution in [3.63, 3.8) is 0 Å². The zero-order chi connectivity index (χ0) is 22.8. The zero-order valence-electron chi connectivity index (χ0n) is 20.4. The number of rotatable bonds is 12. The highest BCUT2D eigenvalue weighted by molar-refractivity contribution is 5.43. The van der Waals surface area contributed by atoms with Gasteiger partial charge in [-0.15, -0.1) is 0 Å². The van der Waals surface area contributed by atoms with Crippen molar-refractivity contribution >= 4 is 0 Å². The van der Waals surface area contributed by atoms with Gasteiger partial charge in [0.2, 0.25) is 0 Å². The Bertz CT molecular complexity index is 797. The van der Waals surface area contributed by atoms with E-state index in [1.54, 1.807) is 7.11 Å². The predicted octanol–water partition coefficient (Wildman–Crippen LogP) is 6.72. The third-order valence-electron chi connectivity index (χ3n) is 6.39. The van der Waals surface area contributed by atoms with Gasteiger partial charge in [-0.2, -0.15) is 0 Å². The molecule has 0 saturated heterocycles. The fourth-order valence-corrected chi connectivity index (χ4v) is 4.87. The van der Waals surface area contributed by atoms with Crippen LogP contribution in [0.3, 0.4) is 0 Å². The first kappa shape index (κ1) is 24.4. The van der Waals surface area contributed by atoms with Crippen LogP contribution in [0.5, 0.6) is 17.2 Å². The third kappa shape index (κ3) is 7.16. The van der Waals surface area contributed by atoms with Gasteiger partial charge >= 0.3 is 0 Å². The molecule has 0 aromatic heterocycles. The molecule has 0 unspecified atom stereocenters. The summed E-state index contributed by atoms with van der Waals surface area (Å²) >= 11 is 0. The van der Waals surface area contributed by atoms with Gasteiger partial charge in [-0.3, -0.25) is 0 Å². The average Bonchev–Trinajstić information content (AvgIpc) is 2.80. The molecule has 0 radical (unpaired) electrons. The van der Waals surface area contributed by atoms with Gasteiger partial charge in [0.15, 0.2) is 11.5 Å². The number of ether oxygens (including phenoxy) is 3. The van der Waals surface area contributed by atoms with Gasteiger partial charge in [-0.25, -0.2) is 0 Å². The van der Waals surface area contributed by atoms with Crippen LogP contribution in [0.1, 0.15) is 76.3 Å². The Balaban J connectivity index is 1.60. The minimum Gasteiger partial charge on any atom is -0.493 e. The standard InChI is InChI=1S/C28H41NO3/c1-5-31-28-19-22(11-16-27(28)30-4)20-29-18-17-26(23-9-7-6-8-10-23)24-12-14-25(15-13-24)32-21(2)3/h11-16,19,21,23,26,29H,5-10,17-18,20H2,1-4H3/t26-/m0/s1. The van der Waals surface area contributed by atoms with Gasteiger partial charge in [0.05, 0.1) is 19.8 Å². The number of nitrogens with one attached hydrogen (secondary N) is 1.